The maximum Gasteiger partial charge on any atom is 0.261 e. The Morgan fingerprint density at radius 2 is 1.38 bits per heavy atom. The van der Waals surface area contributed by atoms with Crippen LogP contribution in [0.1, 0.15) is 61.0 Å². The van der Waals surface area contributed by atoms with Gasteiger partial charge in [0.25, 0.3) is 15.9 Å². The molecule has 32 heavy (non-hydrogen) atoms. The van der Waals surface area contributed by atoms with E-state index in [4.69, 9.17) is 0 Å². The summed E-state index contributed by atoms with van der Waals surface area (Å²) in [7, 11) is -3.99. The van der Waals surface area contributed by atoms with Crippen LogP contribution in [-0.2, 0) is 10.0 Å². The molecule has 0 aromatic heterocycles. The highest BCUT2D eigenvalue weighted by Gasteiger charge is 2.19. The summed E-state index contributed by atoms with van der Waals surface area (Å²) < 4.78 is 41.2. The van der Waals surface area contributed by atoms with Crippen LogP contribution in [0.15, 0.2) is 71.6 Å². The van der Waals surface area contributed by atoms with Crippen molar-refractivity contribution in [1.82, 2.24) is 0 Å². The number of nitrogens with one attached hydrogen (secondary N) is 2. The number of benzene rings is 3. The zero-order chi connectivity index (χ0) is 23.5. The number of halogens is 1. The third-order valence-electron chi connectivity index (χ3n) is 5.16. The van der Waals surface area contributed by atoms with Crippen molar-refractivity contribution >= 4 is 27.3 Å². The monoisotopic (exact) mass is 454 g/mol. The summed E-state index contributed by atoms with van der Waals surface area (Å²) in [6.45, 7) is 8.27. The number of hydrogen-bond donors (Lipinski definition) is 2. The Kier molecular flexibility index (Phi) is 6.99. The molecule has 0 saturated carbocycles. The summed E-state index contributed by atoms with van der Waals surface area (Å²) in [4.78, 5) is 12.9. The van der Waals surface area contributed by atoms with Gasteiger partial charge in [0.2, 0.25) is 0 Å². The van der Waals surface area contributed by atoms with Crippen LogP contribution in [0, 0.1) is 5.82 Å². The number of para-hydroxylation sites is 2. The Hall–Kier alpha value is -3.19. The zero-order valence-corrected chi connectivity index (χ0v) is 19.3. The van der Waals surface area contributed by atoms with Gasteiger partial charge in [-0.1, -0.05) is 58.0 Å². The second-order valence-electron chi connectivity index (χ2n) is 8.18. The first kappa shape index (κ1) is 23.5. The van der Waals surface area contributed by atoms with Crippen LogP contribution in [0.25, 0.3) is 0 Å². The van der Waals surface area contributed by atoms with Gasteiger partial charge in [0.15, 0.2) is 0 Å². The molecular formula is C25H27FN2O3S. The van der Waals surface area contributed by atoms with E-state index in [-0.39, 0.29) is 28.3 Å². The Labute approximate surface area is 188 Å². The number of amides is 1. The Balaban J connectivity index is 1.84. The van der Waals surface area contributed by atoms with Gasteiger partial charge < -0.3 is 5.32 Å². The topological polar surface area (TPSA) is 75.3 Å². The van der Waals surface area contributed by atoms with E-state index in [1.165, 1.54) is 48.5 Å². The maximum atomic E-state index is 13.8. The molecular weight excluding hydrogens is 427 g/mol. The van der Waals surface area contributed by atoms with Gasteiger partial charge in [-0.05, 0) is 59.4 Å². The average molecular weight is 455 g/mol. The minimum Gasteiger partial charge on any atom is -0.321 e. The number of carbonyl (C=O) groups is 1. The molecule has 0 atom stereocenters. The van der Waals surface area contributed by atoms with Crippen LogP contribution in [0.4, 0.5) is 15.8 Å². The fraction of sp³-hybridized carbons (Fsp3) is 0.240. The molecule has 0 aliphatic rings. The van der Waals surface area contributed by atoms with Gasteiger partial charge in [0.1, 0.15) is 5.82 Å². The van der Waals surface area contributed by atoms with Gasteiger partial charge in [0, 0.05) is 11.3 Å². The van der Waals surface area contributed by atoms with E-state index >= 15 is 0 Å². The highest BCUT2D eigenvalue weighted by Crippen LogP contribution is 2.32. The lowest BCUT2D eigenvalue weighted by atomic mass is 9.92. The number of anilines is 2. The van der Waals surface area contributed by atoms with Crippen LogP contribution in [0.2, 0.25) is 0 Å². The molecule has 2 N–H and O–H groups in total. The number of carbonyl (C=O) groups excluding carboxylic acids is 1. The molecule has 5 nitrogen and oxygen atoms in total. The zero-order valence-electron chi connectivity index (χ0n) is 18.5. The van der Waals surface area contributed by atoms with E-state index in [2.05, 4.69) is 37.7 Å². The van der Waals surface area contributed by atoms with E-state index in [9.17, 15) is 17.6 Å². The van der Waals surface area contributed by atoms with Gasteiger partial charge in [-0.3, -0.25) is 9.52 Å². The number of sulfonamides is 1. The van der Waals surface area contributed by atoms with Crippen molar-refractivity contribution in [2.45, 2.75) is 44.4 Å². The van der Waals surface area contributed by atoms with Crippen molar-refractivity contribution in [2.24, 2.45) is 0 Å². The van der Waals surface area contributed by atoms with Crippen molar-refractivity contribution in [1.29, 1.82) is 0 Å². The maximum absolute atomic E-state index is 13.8. The fourth-order valence-corrected chi connectivity index (χ4v) is 4.48. The van der Waals surface area contributed by atoms with Crippen molar-refractivity contribution in [3.8, 4) is 0 Å². The molecule has 168 valence electrons. The standard InChI is InChI=1S/C25H27FN2O3S/c1-16(2)20-8-7-9-21(17(3)4)24(20)27-25(29)18-12-14-19(15-13-18)32(30,31)28-23-11-6-5-10-22(23)26/h5-17,28H,1-4H3,(H,27,29). The molecule has 3 rings (SSSR count). The highest BCUT2D eigenvalue weighted by molar-refractivity contribution is 7.92. The Morgan fingerprint density at radius 3 is 1.91 bits per heavy atom. The lowest BCUT2D eigenvalue weighted by Gasteiger charge is -2.20. The van der Waals surface area contributed by atoms with Crippen LogP contribution in [0.3, 0.4) is 0 Å². The summed E-state index contributed by atoms with van der Waals surface area (Å²) in [5.74, 6) is -0.551. The lowest BCUT2D eigenvalue weighted by Crippen LogP contribution is -2.17. The van der Waals surface area contributed by atoms with Crippen LogP contribution in [0.5, 0.6) is 0 Å². The van der Waals surface area contributed by atoms with E-state index in [1.54, 1.807) is 0 Å². The molecule has 3 aromatic carbocycles. The van der Waals surface area contributed by atoms with Gasteiger partial charge in [0.05, 0.1) is 10.6 Å². The molecule has 0 aliphatic carbocycles. The van der Waals surface area contributed by atoms with E-state index in [1.807, 2.05) is 18.2 Å². The number of hydrogen-bond acceptors (Lipinski definition) is 3. The molecule has 0 fully saturated rings. The van der Waals surface area contributed by atoms with Crippen molar-refractivity contribution < 1.29 is 17.6 Å². The molecule has 0 bridgehead atoms. The van der Waals surface area contributed by atoms with Gasteiger partial charge in [-0.2, -0.15) is 0 Å². The quantitative estimate of drug-likeness (QED) is 0.451. The first-order valence-corrected chi connectivity index (χ1v) is 11.9. The lowest BCUT2D eigenvalue weighted by molar-refractivity contribution is 0.102. The SMILES string of the molecule is CC(C)c1cccc(C(C)C)c1NC(=O)c1ccc(S(=O)(=O)Nc2ccccc2F)cc1. The van der Waals surface area contributed by atoms with Crippen molar-refractivity contribution in [3.63, 3.8) is 0 Å². The molecule has 3 aromatic rings. The molecule has 1 amide bonds. The van der Waals surface area contributed by atoms with Crippen molar-refractivity contribution in [2.75, 3.05) is 10.0 Å². The Bertz CT molecular complexity index is 1190. The third-order valence-corrected chi connectivity index (χ3v) is 6.54. The minimum atomic E-state index is -3.99. The molecule has 0 heterocycles. The largest absolute Gasteiger partial charge is 0.321 e. The minimum absolute atomic E-state index is 0.0669. The summed E-state index contributed by atoms with van der Waals surface area (Å²) in [5.41, 5.74) is 3.06. The average Bonchev–Trinajstić information content (AvgIpc) is 2.75. The first-order chi connectivity index (χ1) is 15.1. The van der Waals surface area contributed by atoms with E-state index in [0.717, 1.165) is 16.8 Å². The summed E-state index contributed by atoms with van der Waals surface area (Å²) in [6.07, 6.45) is 0. The van der Waals surface area contributed by atoms with Crippen molar-refractivity contribution in [3.05, 3.63) is 89.2 Å². The summed E-state index contributed by atoms with van der Waals surface area (Å²) in [5, 5.41) is 3.01. The summed E-state index contributed by atoms with van der Waals surface area (Å²) >= 11 is 0. The molecule has 7 heteroatoms. The third kappa shape index (κ3) is 5.16. The predicted molar refractivity (Wildman–Crippen MR) is 126 cm³/mol. The normalized spacial score (nSPS) is 11.6. The smallest absolute Gasteiger partial charge is 0.261 e. The summed E-state index contributed by atoms with van der Waals surface area (Å²) in [6, 6.07) is 17.0. The van der Waals surface area contributed by atoms with Crippen LogP contribution >= 0.6 is 0 Å². The predicted octanol–water partition coefficient (Wildman–Crippen LogP) is 6.13. The Morgan fingerprint density at radius 1 is 0.812 bits per heavy atom. The van der Waals surface area contributed by atoms with Gasteiger partial charge >= 0.3 is 0 Å². The van der Waals surface area contributed by atoms with E-state index in [0.29, 0.717) is 5.56 Å². The highest BCUT2D eigenvalue weighted by atomic mass is 32.2. The fourth-order valence-electron chi connectivity index (χ4n) is 3.41. The number of rotatable bonds is 7. The van der Waals surface area contributed by atoms with Gasteiger partial charge in [-0.15, -0.1) is 0 Å². The van der Waals surface area contributed by atoms with Crippen LogP contribution < -0.4 is 10.0 Å². The molecule has 0 spiro atoms. The van der Waals surface area contributed by atoms with Gasteiger partial charge in [-0.25, -0.2) is 12.8 Å². The molecule has 0 radical (unpaired) electrons. The molecule has 0 aliphatic heterocycles. The van der Waals surface area contributed by atoms with Crippen LogP contribution in [-0.4, -0.2) is 14.3 Å². The second kappa shape index (κ2) is 9.53. The molecule has 0 unspecified atom stereocenters. The molecule has 0 saturated heterocycles. The second-order valence-corrected chi connectivity index (χ2v) is 9.87. The first-order valence-electron chi connectivity index (χ1n) is 10.4. The van der Waals surface area contributed by atoms with E-state index < -0.39 is 15.8 Å².